The first kappa shape index (κ1) is 20.2. The van der Waals surface area contributed by atoms with Crippen molar-refractivity contribution in [3.05, 3.63) is 82.6 Å². The number of carbonyl (C=O) groups is 2. The van der Waals surface area contributed by atoms with Crippen LogP contribution in [0.15, 0.2) is 72.1 Å². The van der Waals surface area contributed by atoms with Gasteiger partial charge >= 0.3 is 6.61 Å². The van der Waals surface area contributed by atoms with E-state index in [-0.39, 0.29) is 11.7 Å². The van der Waals surface area contributed by atoms with Gasteiger partial charge in [0.05, 0.1) is 4.88 Å². The minimum absolute atomic E-state index is 0.0233. The van der Waals surface area contributed by atoms with Crippen LogP contribution in [0.3, 0.4) is 0 Å². The van der Waals surface area contributed by atoms with E-state index in [1.165, 1.54) is 29.6 Å². The molecular formula is C21H16F2N2O3S. The maximum absolute atomic E-state index is 12.5. The molecule has 0 fully saturated rings. The number of halogens is 2. The van der Waals surface area contributed by atoms with Gasteiger partial charge in [-0.05, 0) is 41.8 Å². The van der Waals surface area contributed by atoms with Crippen LogP contribution in [-0.4, -0.2) is 18.4 Å². The lowest BCUT2D eigenvalue weighted by Gasteiger charge is -2.08. The SMILES string of the molecule is O=C(/C=C/c1ccccc1OC(F)F)Nc1cccc(NC(=O)c2cccs2)c1. The number of ether oxygens (including phenoxy) is 1. The lowest BCUT2D eigenvalue weighted by Crippen LogP contribution is -2.11. The van der Waals surface area contributed by atoms with Crippen LogP contribution in [0.25, 0.3) is 6.08 Å². The van der Waals surface area contributed by atoms with Crippen molar-refractivity contribution >= 4 is 40.6 Å². The summed E-state index contributed by atoms with van der Waals surface area (Å²) in [5, 5.41) is 7.22. The Morgan fingerprint density at radius 2 is 1.72 bits per heavy atom. The Morgan fingerprint density at radius 1 is 0.966 bits per heavy atom. The Balaban J connectivity index is 1.64. The van der Waals surface area contributed by atoms with Crippen molar-refractivity contribution in [1.29, 1.82) is 0 Å². The number of benzene rings is 2. The Kier molecular flexibility index (Phi) is 6.70. The third-order valence-electron chi connectivity index (χ3n) is 3.68. The Bertz CT molecular complexity index is 1020. The fraction of sp³-hybridized carbons (Fsp3) is 0.0476. The summed E-state index contributed by atoms with van der Waals surface area (Å²) in [6, 6.07) is 16.3. The maximum atomic E-state index is 12.5. The van der Waals surface area contributed by atoms with Crippen molar-refractivity contribution < 1.29 is 23.1 Å². The van der Waals surface area contributed by atoms with Crippen molar-refractivity contribution in [1.82, 2.24) is 0 Å². The standard InChI is InChI=1S/C21H16F2N2O3S/c22-21(23)28-17-8-2-1-5-14(17)10-11-19(26)24-15-6-3-7-16(13-15)25-20(27)18-9-4-12-29-18/h1-13,21H,(H,24,26)(H,25,27)/b11-10+. The third kappa shape index (κ3) is 5.98. The third-order valence-corrected chi connectivity index (χ3v) is 4.55. The van der Waals surface area contributed by atoms with Gasteiger partial charge in [-0.3, -0.25) is 9.59 Å². The highest BCUT2D eigenvalue weighted by Crippen LogP contribution is 2.22. The van der Waals surface area contributed by atoms with Crippen molar-refractivity contribution in [2.45, 2.75) is 6.61 Å². The maximum Gasteiger partial charge on any atom is 0.387 e. The minimum atomic E-state index is -2.95. The topological polar surface area (TPSA) is 67.4 Å². The van der Waals surface area contributed by atoms with Gasteiger partial charge in [-0.25, -0.2) is 0 Å². The Labute approximate surface area is 169 Å². The predicted octanol–water partition coefficient (Wildman–Crippen LogP) is 5.25. The lowest BCUT2D eigenvalue weighted by atomic mass is 10.2. The van der Waals surface area contributed by atoms with Gasteiger partial charge in [0.25, 0.3) is 5.91 Å². The minimum Gasteiger partial charge on any atom is -0.434 e. The zero-order chi connectivity index (χ0) is 20.6. The summed E-state index contributed by atoms with van der Waals surface area (Å²) in [7, 11) is 0. The number of anilines is 2. The molecule has 2 amide bonds. The van der Waals surface area contributed by atoms with Gasteiger partial charge in [0.1, 0.15) is 5.75 Å². The fourth-order valence-corrected chi connectivity index (χ4v) is 3.07. The average molecular weight is 414 g/mol. The number of hydrogen-bond donors (Lipinski definition) is 2. The van der Waals surface area contributed by atoms with E-state index < -0.39 is 12.5 Å². The van der Waals surface area contributed by atoms with Gasteiger partial charge in [0, 0.05) is 23.0 Å². The highest BCUT2D eigenvalue weighted by Gasteiger charge is 2.09. The molecule has 3 rings (SSSR count). The molecule has 0 aliphatic carbocycles. The second-order valence-electron chi connectivity index (χ2n) is 5.75. The first-order valence-electron chi connectivity index (χ1n) is 8.49. The van der Waals surface area contributed by atoms with Crippen molar-refractivity contribution in [2.75, 3.05) is 10.6 Å². The van der Waals surface area contributed by atoms with Crippen molar-refractivity contribution in [3.63, 3.8) is 0 Å². The molecule has 1 heterocycles. The zero-order valence-corrected chi connectivity index (χ0v) is 15.8. The molecule has 0 aliphatic rings. The molecule has 1 aromatic heterocycles. The van der Waals surface area contributed by atoms with Crippen LogP contribution in [0.2, 0.25) is 0 Å². The van der Waals surface area contributed by atoms with Crippen molar-refractivity contribution in [3.8, 4) is 5.75 Å². The van der Waals surface area contributed by atoms with Crippen LogP contribution in [0.4, 0.5) is 20.2 Å². The molecule has 0 spiro atoms. The van der Waals surface area contributed by atoms with E-state index in [0.29, 0.717) is 21.8 Å². The first-order chi connectivity index (χ1) is 14.0. The predicted molar refractivity (Wildman–Crippen MR) is 109 cm³/mol. The van der Waals surface area contributed by atoms with E-state index >= 15 is 0 Å². The summed E-state index contributed by atoms with van der Waals surface area (Å²) in [6.07, 6.45) is 2.60. The molecule has 0 bridgehead atoms. The van der Waals surface area contributed by atoms with E-state index in [0.717, 1.165) is 0 Å². The number of hydrogen-bond acceptors (Lipinski definition) is 4. The summed E-state index contributed by atoms with van der Waals surface area (Å²) >= 11 is 1.33. The smallest absolute Gasteiger partial charge is 0.387 e. The van der Waals surface area contributed by atoms with Crippen LogP contribution < -0.4 is 15.4 Å². The number of amides is 2. The molecule has 2 N–H and O–H groups in total. The molecule has 0 saturated heterocycles. The van der Waals surface area contributed by atoms with Gasteiger partial charge in [0.15, 0.2) is 0 Å². The summed E-state index contributed by atoms with van der Waals surface area (Å²) in [5.74, 6) is -0.720. The van der Waals surface area contributed by atoms with Gasteiger partial charge < -0.3 is 15.4 Å². The molecule has 8 heteroatoms. The van der Waals surface area contributed by atoms with Gasteiger partial charge in [-0.1, -0.05) is 30.3 Å². The van der Waals surface area contributed by atoms with Gasteiger partial charge in [-0.2, -0.15) is 8.78 Å². The Morgan fingerprint density at radius 3 is 2.45 bits per heavy atom. The lowest BCUT2D eigenvalue weighted by molar-refractivity contribution is -0.111. The number of para-hydroxylation sites is 1. The van der Waals surface area contributed by atoms with E-state index in [2.05, 4.69) is 15.4 Å². The largest absolute Gasteiger partial charge is 0.434 e. The van der Waals surface area contributed by atoms with E-state index in [1.54, 1.807) is 54.6 Å². The van der Waals surface area contributed by atoms with E-state index in [1.807, 2.05) is 5.38 Å². The number of carbonyl (C=O) groups excluding carboxylic acids is 2. The van der Waals surface area contributed by atoms with Gasteiger partial charge in [0.2, 0.25) is 5.91 Å². The average Bonchev–Trinajstić information content (AvgIpc) is 3.22. The van der Waals surface area contributed by atoms with Crippen LogP contribution in [0, 0.1) is 0 Å². The van der Waals surface area contributed by atoms with Crippen LogP contribution >= 0.6 is 11.3 Å². The molecule has 29 heavy (non-hydrogen) atoms. The van der Waals surface area contributed by atoms with E-state index in [4.69, 9.17) is 0 Å². The number of thiophene rings is 1. The highest BCUT2D eigenvalue weighted by atomic mass is 32.1. The molecule has 0 saturated carbocycles. The van der Waals surface area contributed by atoms with Crippen LogP contribution in [-0.2, 0) is 4.79 Å². The van der Waals surface area contributed by atoms with Crippen LogP contribution in [0.1, 0.15) is 15.2 Å². The van der Waals surface area contributed by atoms with Crippen molar-refractivity contribution in [2.24, 2.45) is 0 Å². The number of nitrogens with one attached hydrogen (secondary N) is 2. The molecule has 3 aromatic rings. The zero-order valence-electron chi connectivity index (χ0n) is 15.0. The number of alkyl halides is 2. The summed E-state index contributed by atoms with van der Waals surface area (Å²) in [5.41, 5.74) is 1.35. The molecular weight excluding hydrogens is 398 g/mol. The molecule has 0 unspecified atom stereocenters. The summed E-state index contributed by atoms with van der Waals surface area (Å²) in [4.78, 5) is 24.9. The molecule has 0 atom stereocenters. The monoisotopic (exact) mass is 414 g/mol. The van der Waals surface area contributed by atoms with Crippen LogP contribution in [0.5, 0.6) is 5.75 Å². The quantitative estimate of drug-likeness (QED) is 0.519. The summed E-state index contributed by atoms with van der Waals surface area (Å²) in [6.45, 7) is -2.95. The van der Waals surface area contributed by atoms with E-state index in [9.17, 15) is 18.4 Å². The molecule has 2 aromatic carbocycles. The normalized spacial score (nSPS) is 10.9. The molecule has 5 nitrogen and oxygen atoms in total. The molecule has 0 radical (unpaired) electrons. The number of rotatable bonds is 7. The molecule has 0 aliphatic heterocycles. The Hall–Kier alpha value is -3.52. The molecule has 148 valence electrons. The second kappa shape index (κ2) is 9.61. The summed E-state index contributed by atoms with van der Waals surface area (Å²) < 4.78 is 29.3. The first-order valence-corrected chi connectivity index (χ1v) is 9.37. The fourth-order valence-electron chi connectivity index (χ4n) is 2.45. The van der Waals surface area contributed by atoms with Gasteiger partial charge in [-0.15, -0.1) is 11.3 Å². The second-order valence-corrected chi connectivity index (χ2v) is 6.70. The highest BCUT2D eigenvalue weighted by molar-refractivity contribution is 7.12.